The Morgan fingerprint density at radius 1 is 1.03 bits per heavy atom. The molecule has 0 aliphatic carbocycles. The second-order valence-corrected chi connectivity index (χ2v) is 10.3. The third-order valence-corrected chi connectivity index (χ3v) is 7.28. The van der Waals surface area contributed by atoms with Crippen molar-refractivity contribution in [1.82, 2.24) is 18.8 Å². The first-order valence-corrected chi connectivity index (χ1v) is 12.6. The smallest absolute Gasteiger partial charge is 0.497 e. The lowest BCUT2D eigenvalue weighted by molar-refractivity contribution is -0.274. The monoisotopic (exact) mass is 547 g/mol. The summed E-state index contributed by atoms with van der Waals surface area (Å²) in [5.41, 5.74) is 2.19. The number of methoxy groups -OCH3 is 1. The second kappa shape index (κ2) is 10.7. The number of halogens is 3. The molecule has 38 heavy (non-hydrogen) atoms. The molecule has 0 aliphatic rings. The molecule has 2 aromatic heterocycles. The molecule has 0 fully saturated rings. The van der Waals surface area contributed by atoms with E-state index < -0.39 is 22.1 Å². The summed E-state index contributed by atoms with van der Waals surface area (Å²) in [5, 5.41) is 3.01. The zero-order valence-corrected chi connectivity index (χ0v) is 21.4. The number of nitrogens with one attached hydrogen (secondary N) is 1. The molecule has 13 heteroatoms. The number of aryl methyl sites for hydroxylation is 1. The van der Waals surface area contributed by atoms with Gasteiger partial charge < -0.3 is 19.4 Å². The van der Waals surface area contributed by atoms with Crippen molar-refractivity contribution in [3.63, 3.8) is 0 Å². The van der Waals surface area contributed by atoms with E-state index in [1.807, 2.05) is 0 Å². The van der Waals surface area contributed by atoms with Crippen molar-refractivity contribution in [2.24, 2.45) is 7.05 Å². The van der Waals surface area contributed by atoms with Gasteiger partial charge in [-0.15, -0.1) is 13.2 Å². The maximum absolute atomic E-state index is 13.4. The molecule has 0 amide bonds. The Bertz CT molecular complexity index is 1510. The van der Waals surface area contributed by atoms with Crippen LogP contribution in [0.1, 0.15) is 5.56 Å². The van der Waals surface area contributed by atoms with Gasteiger partial charge in [-0.3, -0.25) is 0 Å². The van der Waals surface area contributed by atoms with Crippen LogP contribution < -0.4 is 14.8 Å². The number of imidazole rings is 1. The van der Waals surface area contributed by atoms with E-state index in [2.05, 4.69) is 20.0 Å². The summed E-state index contributed by atoms with van der Waals surface area (Å²) < 4.78 is 76.1. The molecule has 0 atom stereocenters. The molecule has 2 aromatic carbocycles. The zero-order chi connectivity index (χ0) is 27.5. The lowest BCUT2D eigenvalue weighted by atomic mass is 10.1. The van der Waals surface area contributed by atoms with Gasteiger partial charge in [0.25, 0.3) is 0 Å². The van der Waals surface area contributed by atoms with Crippen LogP contribution in [0.4, 0.5) is 24.7 Å². The van der Waals surface area contributed by atoms with Gasteiger partial charge in [-0.2, -0.15) is 4.31 Å². The standard InChI is InChI=1S/C25H24F3N5O4S/c1-32-15-23(30-16-32)21-12-20(38(34,35)33(2)14-17-4-6-18(36-3)7-5-17)9-10-22(21)31-24-11-8-19(13-29-24)37-25(26,27)28/h4-13,15-16H,14H2,1-3H3,(H,29,31). The first-order chi connectivity index (χ1) is 17.9. The van der Waals surface area contributed by atoms with Crippen molar-refractivity contribution in [3.05, 3.63) is 78.9 Å². The number of benzene rings is 2. The molecule has 0 radical (unpaired) electrons. The summed E-state index contributed by atoms with van der Waals surface area (Å²) in [6.45, 7) is 0.140. The molecule has 1 N–H and O–H groups in total. The molecule has 4 rings (SSSR count). The van der Waals surface area contributed by atoms with Crippen LogP contribution >= 0.6 is 0 Å². The highest BCUT2D eigenvalue weighted by Crippen LogP contribution is 2.33. The average Bonchev–Trinajstić information content (AvgIpc) is 3.31. The van der Waals surface area contributed by atoms with Gasteiger partial charge in [-0.25, -0.2) is 18.4 Å². The Labute approximate surface area is 217 Å². The molecule has 0 saturated carbocycles. The number of alkyl halides is 3. The first kappa shape index (κ1) is 26.9. The highest BCUT2D eigenvalue weighted by molar-refractivity contribution is 7.89. The summed E-state index contributed by atoms with van der Waals surface area (Å²) in [6.07, 6.45) is -0.614. The van der Waals surface area contributed by atoms with E-state index in [-0.39, 0.29) is 17.3 Å². The van der Waals surface area contributed by atoms with Crippen LogP contribution in [0.15, 0.2) is 78.2 Å². The molecule has 0 saturated heterocycles. The summed E-state index contributed by atoms with van der Waals surface area (Å²) in [4.78, 5) is 8.33. The van der Waals surface area contributed by atoms with Crippen LogP contribution in [0, 0.1) is 0 Å². The van der Waals surface area contributed by atoms with Gasteiger partial charge in [0.1, 0.15) is 17.3 Å². The second-order valence-electron chi connectivity index (χ2n) is 8.29. The van der Waals surface area contributed by atoms with Gasteiger partial charge >= 0.3 is 6.36 Å². The number of anilines is 2. The minimum absolute atomic E-state index is 0.0431. The van der Waals surface area contributed by atoms with Crippen LogP contribution in [0.3, 0.4) is 0 Å². The van der Waals surface area contributed by atoms with Crippen LogP contribution in [0.5, 0.6) is 11.5 Å². The van der Waals surface area contributed by atoms with Gasteiger partial charge in [0.05, 0.1) is 30.2 Å². The average molecular weight is 548 g/mol. The van der Waals surface area contributed by atoms with Gasteiger partial charge in [-0.1, -0.05) is 12.1 Å². The minimum Gasteiger partial charge on any atom is -0.497 e. The van der Waals surface area contributed by atoms with E-state index >= 15 is 0 Å². The number of hydrogen-bond donors (Lipinski definition) is 1. The van der Waals surface area contributed by atoms with Crippen molar-refractivity contribution in [1.29, 1.82) is 0 Å². The normalized spacial score (nSPS) is 12.0. The van der Waals surface area contributed by atoms with E-state index in [9.17, 15) is 21.6 Å². The molecule has 2 heterocycles. The van der Waals surface area contributed by atoms with Crippen molar-refractivity contribution in [2.75, 3.05) is 19.5 Å². The summed E-state index contributed by atoms with van der Waals surface area (Å²) in [5.74, 6) is 0.428. The van der Waals surface area contributed by atoms with Gasteiger partial charge in [0.15, 0.2) is 0 Å². The minimum atomic E-state index is -4.83. The number of pyridine rings is 1. The van der Waals surface area contributed by atoms with Crippen LogP contribution in [0.25, 0.3) is 11.3 Å². The Balaban J connectivity index is 1.63. The molecule has 0 spiro atoms. The summed E-state index contributed by atoms with van der Waals surface area (Å²) >= 11 is 0. The van der Waals surface area contributed by atoms with Crippen molar-refractivity contribution < 1.29 is 31.1 Å². The van der Waals surface area contributed by atoms with E-state index in [0.717, 1.165) is 17.8 Å². The quantitative estimate of drug-likeness (QED) is 0.317. The van der Waals surface area contributed by atoms with E-state index in [1.165, 1.54) is 29.6 Å². The zero-order valence-electron chi connectivity index (χ0n) is 20.6. The maximum Gasteiger partial charge on any atom is 0.573 e. The van der Waals surface area contributed by atoms with Crippen molar-refractivity contribution in [3.8, 4) is 22.8 Å². The fraction of sp³-hybridized carbons (Fsp3) is 0.200. The number of rotatable bonds is 9. The summed E-state index contributed by atoms with van der Waals surface area (Å²) in [6, 6.07) is 14.0. The maximum atomic E-state index is 13.4. The van der Waals surface area contributed by atoms with E-state index in [4.69, 9.17) is 4.74 Å². The Morgan fingerprint density at radius 2 is 1.74 bits per heavy atom. The number of ether oxygens (including phenoxy) is 2. The van der Waals surface area contributed by atoms with Crippen LogP contribution in [-0.4, -0.2) is 47.8 Å². The van der Waals surface area contributed by atoms with E-state index in [1.54, 1.807) is 61.6 Å². The fourth-order valence-corrected chi connectivity index (χ4v) is 4.78. The largest absolute Gasteiger partial charge is 0.573 e. The number of sulfonamides is 1. The Kier molecular flexibility index (Phi) is 7.60. The highest BCUT2D eigenvalue weighted by atomic mass is 32.2. The Morgan fingerprint density at radius 3 is 2.32 bits per heavy atom. The first-order valence-electron chi connectivity index (χ1n) is 11.1. The molecular weight excluding hydrogens is 523 g/mol. The highest BCUT2D eigenvalue weighted by Gasteiger charge is 2.31. The lowest BCUT2D eigenvalue weighted by Gasteiger charge is -2.19. The Hall–Kier alpha value is -4.10. The molecule has 200 valence electrons. The lowest BCUT2D eigenvalue weighted by Crippen LogP contribution is -2.26. The number of hydrogen-bond acceptors (Lipinski definition) is 7. The topological polar surface area (TPSA) is 98.6 Å². The molecule has 0 bridgehead atoms. The van der Waals surface area contributed by atoms with Crippen LogP contribution in [-0.2, 0) is 23.6 Å². The molecule has 0 unspecified atom stereocenters. The molecule has 9 nitrogen and oxygen atoms in total. The number of nitrogens with zero attached hydrogens (tertiary/aromatic N) is 4. The van der Waals surface area contributed by atoms with Gasteiger partial charge in [0.2, 0.25) is 10.0 Å². The fourth-order valence-electron chi connectivity index (χ4n) is 3.60. The SMILES string of the molecule is COc1ccc(CN(C)S(=O)(=O)c2ccc(Nc3ccc(OC(F)(F)F)cn3)c(-c3cn(C)cn3)c2)cc1. The van der Waals surface area contributed by atoms with Crippen LogP contribution in [0.2, 0.25) is 0 Å². The van der Waals surface area contributed by atoms with Crippen molar-refractivity contribution in [2.45, 2.75) is 17.8 Å². The third-order valence-electron chi connectivity index (χ3n) is 5.48. The number of aromatic nitrogens is 3. The predicted octanol–water partition coefficient (Wildman–Crippen LogP) is 4.95. The van der Waals surface area contributed by atoms with E-state index in [0.29, 0.717) is 22.7 Å². The molecular formula is C25H24F3N5O4S. The van der Waals surface area contributed by atoms with Gasteiger partial charge in [-0.05, 0) is 48.0 Å². The molecule has 0 aliphatic heterocycles. The molecule has 4 aromatic rings. The third kappa shape index (κ3) is 6.42. The van der Waals surface area contributed by atoms with Crippen molar-refractivity contribution >= 4 is 21.5 Å². The predicted molar refractivity (Wildman–Crippen MR) is 134 cm³/mol. The van der Waals surface area contributed by atoms with Gasteiger partial charge in [0, 0.05) is 38.1 Å². The summed E-state index contributed by atoms with van der Waals surface area (Å²) in [7, 11) is 0.923.